The second-order valence-electron chi connectivity index (χ2n) is 7.28. The van der Waals surface area contributed by atoms with E-state index in [4.69, 9.17) is 4.74 Å². The van der Waals surface area contributed by atoms with Crippen molar-refractivity contribution in [3.63, 3.8) is 0 Å². The lowest BCUT2D eigenvalue weighted by Crippen LogP contribution is -2.27. The highest BCUT2D eigenvalue weighted by Gasteiger charge is 2.15. The Bertz CT molecular complexity index is 908. The first kappa shape index (κ1) is 20.7. The molecule has 0 aromatic heterocycles. The number of Topliss-reactive ketones (excluding diaryl/α,β-unsaturated/α-hetero) is 1. The number of benzene rings is 3. The van der Waals surface area contributed by atoms with Gasteiger partial charge in [-0.25, -0.2) is 4.39 Å². The van der Waals surface area contributed by atoms with Crippen molar-refractivity contribution in [3.05, 3.63) is 90.2 Å². The number of carbonyl (C=O) groups is 1. The zero-order valence-electron chi connectivity index (χ0n) is 16.8. The summed E-state index contributed by atoms with van der Waals surface area (Å²) in [6.45, 7) is 2.68. The molecule has 29 heavy (non-hydrogen) atoms. The van der Waals surface area contributed by atoms with E-state index in [1.165, 1.54) is 12.1 Å². The van der Waals surface area contributed by atoms with Gasteiger partial charge in [-0.3, -0.25) is 9.69 Å². The lowest BCUT2D eigenvalue weighted by atomic mass is 10.0. The molecule has 0 bridgehead atoms. The number of hydrogen-bond acceptors (Lipinski definition) is 3. The van der Waals surface area contributed by atoms with Gasteiger partial charge in [0.25, 0.3) is 0 Å². The molecule has 4 heteroatoms. The first-order valence-corrected chi connectivity index (χ1v) is 9.77. The van der Waals surface area contributed by atoms with Crippen LogP contribution < -0.4 is 4.74 Å². The van der Waals surface area contributed by atoms with Crippen LogP contribution in [0.5, 0.6) is 5.75 Å². The van der Waals surface area contributed by atoms with Crippen molar-refractivity contribution in [3.8, 4) is 16.9 Å². The highest BCUT2D eigenvalue weighted by molar-refractivity contribution is 5.77. The predicted octanol–water partition coefficient (Wildman–Crippen LogP) is 5.52. The molecular formula is C25H26FNO2. The van der Waals surface area contributed by atoms with Crippen LogP contribution in [-0.2, 0) is 4.79 Å². The minimum atomic E-state index is -0.270. The lowest BCUT2D eigenvalue weighted by Gasteiger charge is -2.23. The number of carbonyl (C=O) groups excluding carboxylic acids is 1. The Labute approximate surface area is 171 Å². The Balaban J connectivity index is 1.73. The zero-order valence-corrected chi connectivity index (χ0v) is 16.8. The standard InChI is InChI=1S/C25H26FNO2/c1-19(28)18-27(2)17-16-25(22-8-12-23(26)13-9-22)29-24-14-10-21(11-15-24)20-6-4-3-5-7-20/h3-15,25H,16-18H2,1-2H3/t25-/m1/s1. The van der Waals surface area contributed by atoms with Gasteiger partial charge in [0.05, 0.1) is 6.54 Å². The lowest BCUT2D eigenvalue weighted by molar-refractivity contribution is -0.117. The van der Waals surface area contributed by atoms with Crippen LogP contribution in [-0.4, -0.2) is 30.8 Å². The van der Waals surface area contributed by atoms with Crippen molar-refractivity contribution in [1.82, 2.24) is 4.90 Å². The first-order chi connectivity index (χ1) is 14.0. The molecule has 0 radical (unpaired) electrons. The molecule has 3 nitrogen and oxygen atoms in total. The molecule has 0 heterocycles. The highest BCUT2D eigenvalue weighted by Crippen LogP contribution is 2.28. The second-order valence-corrected chi connectivity index (χ2v) is 7.28. The van der Waals surface area contributed by atoms with Gasteiger partial charge >= 0.3 is 0 Å². The maximum Gasteiger partial charge on any atom is 0.143 e. The molecule has 0 saturated carbocycles. The van der Waals surface area contributed by atoms with Crippen LogP contribution in [0.15, 0.2) is 78.9 Å². The molecule has 0 aliphatic carbocycles. The largest absolute Gasteiger partial charge is 0.486 e. The Morgan fingerprint density at radius 3 is 2.17 bits per heavy atom. The van der Waals surface area contributed by atoms with E-state index in [0.29, 0.717) is 19.5 Å². The van der Waals surface area contributed by atoms with Crippen molar-refractivity contribution in [2.24, 2.45) is 0 Å². The maximum atomic E-state index is 13.4. The molecule has 0 fully saturated rings. The quantitative estimate of drug-likeness (QED) is 0.481. The molecule has 3 rings (SSSR count). The van der Waals surface area contributed by atoms with Crippen LogP contribution in [0.4, 0.5) is 4.39 Å². The van der Waals surface area contributed by atoms with Gasteiger partial charge in [0.2, 0.25) is 0 Å². The monoisotopic (exact) mass is 391 g/mol. The topological polar surface area (TPSA) is 29.5 Å². The summed E-state index contributed by atoms with van der Waals surface area (Å²) < 4.78 is 19.6. The number of halogens is 1. The summed E-state index contributed by atoms with van der Waals surface area (Å²) in [7, 11) is 1.91. The van der Waals surface area contributed by atoms with Crippen LogP contribution in [0.2, 0.25) is 0 Å². The molecular weight excluding hydrogens is 365 g/mol. The summed E-state index contributed by atoms with van der Waals surface area (Å²) in [4.78, 5) is 13.3. The first-order valence-electron chi connectivity index (χ1n) is 9.77. The molecule has 3 aromatic rings. The second kappa shape index (κ2) is 9.99. The fourth-order valence-electron chi connectivity index (χ4n) is 3.29. The molecule has 0 unspecified atom stereocenters. The number of ether oxygens (including phenoxy) is 1. The third kappa shape index (κ3) is 6.26. The van der Waals surface area contributed by atoms with Crippen LogP contribution in [0.1, 0.15) is 25.0 Å². The van der Waals surface area contributed by atoms with E-state index in [1.807, 2.05) is 54.4 Å². The summed E-state index contributed by atoms with van der Waals surface area (Å²) in [5, 5.41) is 0. The van der Waals surface area contributed by atoms with E-state index >= 15 is 0 Å². The van der Waals surface area contributed by atoms with Gasteiger partial charge in [0.15, 0.2) is 0 Å². The number of hydrogen-bond donors (Lipinski definition) is 0. The molecule has 150 valence electrons. The van der Waals surface area contributed by atoms with Crippen LogP contribution in [0, 0.1) is 5.82 Å². The van der Waals surface area contributed by atoms with Gasteiger partial charge in [-0.15, -0.1) is 0 Å². The van der Waals surface area contributed by atoms with Crippen LogP contribution >= 0.6 is 0 Å². The van der Waals surface area contributed by atoms with Crippen molar-refractivity contribution >= 4 is 5.78 Å². The Morgan fingerprint density at radius 1 is 0.931 bits per heavy atom. The minimum Gasteiger partial charge on any atom is -0.486 e. The van der Waals surface area contributed by atoms with Gasteiger partial charge in [-0.2, -0.15) is 0 Å². The molecule has 0 saturated heterocycles. The van der Waals surface area contributed by atoms with Gasteiger partial charge in [-0.05, 0) is 54.9 Å². The molecule has 1 atom stereocenters. The fourth-order valence-corrected chi connectivity index (χ4v) is 3.29. The van der Waals surface area contributed by atoms with E-state index in [1.54, 1.807) is 19.1 Å². The normalized spacial score (nSPS) is 12.0. The average Bonchev–Trinajstić information content (AvgIpc) is 2.72. The smallest absolute Gasteiger partial charge is 0.143 e. The number of nitrogens with zero attached hydrogens (tertiary/aromatic N) is 1. The fraction of sp³-hybridized carbons (Fsp3) is 0.240. The van der Waals surface area contributed by atoms with E-state index < -0.39 is 0 Å². The van der Waals surface area contributed by atoms with E-state index in [9.17, 15) is 9.18 Å². The van der Waals surface area contributed by atoms with E-state index in [2.05, 4.69) is 12.1 Å². The van der Waals surface area contributed by atoms with Gasteiger partial charge < -0.3 is 4.74 Å². The van der Waals surface area contributed by atoms with Crippen molar-refractivity contribution < 1.29 is 13.9 Å². The number of ketones is 1. The molecule has 0 N–H and O–H groups in total. The molecule has 3 aromatic carbocycles. The van der Waals surface area contributed by atoms with Gasteiger partial charge in [0, 0.05) is 13.0 Å². The summed E-state index contributed by atoms with van der Waals surface area (Å²) in [5.74, 6) is 0.616. The summed E-state index contributed by atoms with van der Waals surface area (Å²) in [6, 6.07) is 24.6. The third-order valence-corrected chi connectivity index (χ3v) is 4.75. The summed E-state index contributed by atoms with van der Waals surface area (Å²) >= 11 is 0. The molecule has 0 spiro atoms. The van der Waals surface area contributed by atoms with Crippen molar-refractivity contribution in [1.29, 1.82) is 0 Å². The predicted molar refractivity (Wildman–Crippen MR) is 114 cm³/mol. The Hall–Kier alpha value is -2.98. The molecule has 0 aliphatic rings. The SMILES string of the molecule is CC(=O)CN(C)CC[C@@H](Oc1ccc(-c2ccccc2)cc1)c1ccc(F)cc1. The Kier molecular flexibility index (Phi) is 7.14. The molecule has 0 amide bonds. The maximum absolute atomic E-state index is 13.4. The summed E-state index contributed by atoms with van der Waals surface area (Å²) in [6.07, 6.45) is 0.461. The zero-order chi connectivity index (χ0) is 20.6. The Morgan fingerprint density at radius 2 is 1.55 bits per heavy atom. The average molecular weight is 391 g/mol. The highest BCUT2D eigenvalue weighted by atomic mass is 19.1. The van der Waals surface area contributed by atoms with E-state index in [-0.39, 0.29) is 17.7 Å². The molecule has 0 aliphatic heterocycles. The van der Waals surface area contributed by atoms with Gasteiger partial charge in [-0.1, -0.05) is 54.6 Å². The van der Waals surface area contributed by atoms with Crippen LogP contribution in [0.3, 0.4) is 0 Å². The minimum absolute atomic E-state index is 0.128. The van der Waals surface area contributed by atoms with Crippen LogP contribution in [0.25, 0.3) is 11.1 Å². The summed E-state index contributed by atoms with van der Waals surface area (Å²) in [5.41, 5.74) is 3.19. The van der Waals surface area contributed by atoms with Crippen molar-refractivity contribution in [2.45, 2.75) is 19.4 Å². The third-order valence-electron chi connectivity index (χ3n) is 4.75. The number of likely N-dealkylation sites (N-methyl/N-ethyl adjacent to an activating group) is 1. The van der Waals surface area contributed by atoms with E-state index in [0.717, 1.165) is 22.4 Å². The number of rotatable bonds is 9. The van der Waals surface area contributed by atoms with Gasteiger partial charge in [0.1, 0.15) is 23.5 Å². The van der Waals surface area contributed by atoms with Crippen molar-refractivity contribution in [2.75, 3.05) is 20.1 Å².